The van der Waals surface area contributed by atoms with E-state index in [2.05, 4.69) is 5.32 Å². The van der Waals surface area contributed by atoms with Crippen LogP contribution in [0.3, 0.4) is 0 Å². The number of carbonyl (C=O) groups excluding carboxylic acids is 1. The Morgan fingerprint density at radius 1 is 1.48 bits per heavy atom. The second-order valence-corrected chi connectivity index (χ2v) is 6.04. The minimum absolute atomic E-state index is 0.120. The van der Waals surface area contributed by atoms with Crippen molar-refractivity contribution in [2.24, 2.45) is 0 Å². The van der Waals surface area contributed by atoms with Crippen LogP contribution in [-0.2, 0) is 4.79 Å². The van der Waals surface area contributed by atoms with Gasteiger partial charge in [0, 0.05) is 24.5 Å². The highest BCUT2D eigenvalue weighted by atomic mass is 35.5. The highest BCUT2D eigenvalue weighted by molar-refractivity contribution is 6.30. The summed E-state index contributed by atoms with van der Waals surface area (Å²) in [4.78, 5) is 13.8. The predicted octanol–water partition coefficient (Wildman–Crippen LogP) is 2.90. The zero-order valence-corrected chi connectivity index (χ0v) is 13.4. The summed E-state index contributed by atoms with van der Waals surface area (Å²) in [7, 11) is 0. The molecule has 0 heterocycles. The number of anilines is 1. The standard InChI is InChI=1S/C15H22ClFN2O2/c1-4-19(10-15(2,3)21)8-7-14(20)18-13-6-5-11(16)9-12(13)17/h5-6,9,21H,4,7-8,10H2,1-3H3,(H,18,20). The molecule has 4 nitrogen and oxygen atoms in total. The molecule has 0 fully saturated rings. The van der Waals surface area contributed by atoms with Crippen LogP contribution in [0, 0.1) is 5.82 Å². The minimum atomic E-state index is -0.811. The summed E-state index contributed by atoms with van der Waals surface area (Å²) in [5.74, 6) is -0.829. The molecule has 0 aliphatic carbocycles. The number of nitrogens with one attached hydrogen (secondary N) is 1. The predicted molar refractivity (Wildman–Crippen MR) is 83.1 cm³/mol. The number of hydrogen-bond donors (Lipinski definition) is 2. The first-order chi connectivity index (χ1) is 9.71. The van der Waals surface area contributed by atoms with Gasteiger partial charge in [0.15, 0.2) is 0 Å². The van der Waals surface area contributed by atoms with Gasteiger partial charge in [0.1, 0.15) is 5.82 Å². The zero-order chi connectivity index (χ0) is 16.0. The summed E-state index contributed by atoms with van der Waals surface area (Å²) in [5.41, 5.74) is -0.690. The maximum Gasteiger partial charge on any atom is 0.225 e. The van der Waals surface area contributed by atoms with Crippen LogP contribution < -0.4 is 5.32 Å². The Balaban J connectivity index is 2.50. The van der Waals surface area contributed by atoms with Crippen LogP contribution >= 0.6 is 11.6 Å². The van der Waals surface area contributed by atoms with Crippen LogP contribution in [0.4, 0.5) is 10.1 Å². The van der Waals surface area contributed by atoms with Gasteiger partial charge in [-0.05, 0) is 38.6 Å². The van der Waals surface area contributed by atoms with E-state index in [9.17, 15) is 14.3 Å². The first-order valence-corrected chi connectivity index (χ1v) is 7.28. The molecule has 0 saturated carbocycles. The average molecular weight is 317 g/mol. The number of halogens is 2. The molecule has 1 amide bonds. The lowest BCUT2D eigenvalue weighted by Crippen LogP contribution is -2.39. The van der Waals surface area contributed by atoms with Gasteiger partial charge in [-0.1, -0.05) is 18.5 Å². The van der Waals surface area contributed by atoms with Crippen LogP contribution in [0.15, 0.2) is 18.2 Å². The topological polar surface area (TPSA) is 52.6 Å². The molecule has 0 radical (unpaired) electrons. The molecule has 0 aliphatic heterocycles. The van der Waals surface area contributed by atoms with Crippen molar-refractivity contribution in [1.29, 1.82) is 0 Å². The highest BCUT2D eigenvalue weighted by Gasteiger charge is 2.18. The molecule has 0 bridgehead atoms. The number of nitrogens with zero attached hydrogens (tertiary/aromatic N) is 1. The Hall–Kier alpha value is -1.17. The molecule has 0 unspecified atom stereocenters. The summed E-state index contributed by atoms with van der Waals surface area (Å²) >= 11 is 5.65. The third kappa shape index (κ3) is 6.89. The Morgan fingerprint density at radius 2 is 2.14 bits per heavy atom. The van der Waals surface area contributed by atoms with E-state index in [4.69, 9.17) is 11.6 Å². The molecule has 21 heavy (non-hydrogen) atoms. The molecular formula is C15H22ClFN2O2. The number of hydrogen-bond acceptors (Lipinski definition) is 3. The maximum atomic E-state index is 13.6. The third-order valence-electron chi connectivity index (χ3n) is 2.92. The maximum absolute atomic E-state index is 13.6. The van der Waals surface area contributed by atoms with E-state index in [-0.39, 0.29) is 23.0 Å². The van der Waals surface area contributed by atoms with Crippen molar-refractivity contribution in [1.82, 2.24) is 4.90 Å². The van der Waals surface area contributed by atoms with Gasteiger partial charge in [0.25, 0.3) is 0 Å². The highest BCUT2D eigenvalue weighted by Crippen LogP contribution is 2.19. The van der Waals surface area contributed by atoms with Gasteiger partial charge in [0.05, 0.1) is 11.3 Å². The molecule has 2 N–H and O–H groups in total. The van der Waals surface area contributed by atoms with Gasteiger partial charge in [-0.3, -0.25) is 4.79 Å². The van der Waals surface area contributed by atoms with Crippen LogP contribution in [0.5, 0.6) is 0 Å². The molecule has 0 atom stereocenters. The summed E-state index contributed by atoms with van der Waals surface area (Å²) in [6.45, 7) is 7.11. The van der Waals surface area contributed by atoms with E-state index >= 15 is 0 Å². The first kappa shape index (κ1) is 17.9. The molecule has 1 aromatic rings. The largest absolute Gasteiger partial charge is 0.389 e. The number of aliphatic hydroxyl groups is 1. The zero-order valence-electron chi connectivity index (χ0n) is 12.6. The second kappa shape index (κ2) is 7.73. The smallest absolute Gasteiger partial charge is 0.225 e. The van der Waals surface area contributed by atoms with Crippen molar-refractivity contribution < 1.29 is 14.3 Å². The molecule has 1 aromatic carbocycles. The van der Waals surface area contributed by atoms with Crippen LogP contribution in [0.2, 0.25) is 5.02 Å². The van der Waals surface area contributed by atoms with E-state index in [0.29, 0.717) is 13.1 Å². The van der Waals surface area contributed by atoms with E-state index in [1.807, 2.05) is 11.8 Å². The molecule has 0 saturated heterocycles. The first-order valence-electron chi connectivity index (χ1n) is 6.91. The number of rotatable bonds is 7. The Kier molecular flexibility index (Phi) is 6.58. The molecule has 6 heteroatoms. The fourth-order valence-electron chi connectivity index (χ4n) is 1.96. The lowest BCUT2D eigenvalue weighted by atomic mass is 10.1. The lowest BCUT2D eigenvalue weighted by Gasteiger charge is -2.27. The monoisotopic (exact) mass is 316 g/mol. The van der Waals surface area contributed by atoms with Gasteiger partial charge in [-0.25, -0.2) is 4.39 Å². The average Bonchev–Trinajstić information content (AvgIpc) is 2.36. The second-order valence-electron chi connectivity index (χ2n) is 5.60. The van der Waals surface area contributed by atoms with Crippen molar-refractivity contribution >= 4 is 23.2 Å². The van der Waals surface area contributed by atoms with Crippen molar-refractivity contribution in [2.75, 3.05) is 25.0 Å². The lowest BCUT2D eigenvalue weighted by molar-refractivity contribution is -0.116. The quantitative estimate of drug-likeness (QED) is 0.813. The fourth-order valence-corrected chi connectivity index (χ4v) is 2.12. The van der Waals surface area contributed by atoms with E-state index < -0.39 is 11.4 Å². The Morgan fingerprint density at radius 3 is 2.67 bits per heavy atom. The van der Waals surface area contributed by atoms with Crippen LogP contribution in [-0.4, -0.2) is 41.1 Å². The third-order valence-corrected chi connectivity index (χ3v) is 3.15. The van der Waals surface area contributed by atoms with E-state index in [1.54, 1.807) is 13.8 Å². The minimum Gasteiger partial charge on any atom is -0.389 e. The number of carbonyl (C=O) groups is 1. The summed E-state index contributed by atoms with van der Waals surface area (Å²) in [6, 6.07) is 4.11. The van der Waals surface area contributed by atoms with Gasteiger partial charge in [0.2, 0.25) is 5.91 Å². The summed E-state index contributed by atoms with van der Waals surface area (Å²) in [5, 5.41) is 12.6. The number of likely N-dealkylation sites (N-methyl/N-ethyl adjacent to an activating group) is 1. The van der Waals surface area contributed by atoms with E-state index in [0.717, 1.165) is 12.6 Å². The van der Waals surface area contributed by atoms with Gasteiger partial charge < -0.3 is 15.3 Å². The molecule has 0 spiro atoms. The normalized spacial score (nSPS) is 11.8. The summed E-state index contributed by atoms with van der Waals surface area (Å²) in [6.07, 6.45) is 0.228. The van der Waals surface area contributed by atoms with Crippen molar-refractivity contribution in [2.45, 2.75) is 32.8 Å². The van der Waals surface area contributed by atoms with Crippen molar-refractivity contribution in [3.63, 3.8) is 0 Å². The summed E-state index contributed by atoms with van der Waals surface area (Å²) < 4.78 is 13.6. The van der Waals surface area contributed by atoms with Gasteiger partial charge in [-0.2, -0.15) is 0 Å². The number of amides is 1. The fraction of sp³-hybridized carbons (Fsp3) is 0.533. The van der Waals surface area contributed by atoms with Crippen LogP contribution in [0.1, 0.15) is 27.2 Å². The van der Waals surface area contributed by atoms with Crippen LogP contribution in [0.25, 0.3) is 0 Å². The Labute approximate surface area is 129 Å². The molecule has 0 aromatic heterocycles. The molecular weight excluding hydrogens is 295 g/mol. The van der Waals surface area contributed by atoms with E-state index in [1.165, 1.54) is 12.1 Å². The van der Waals surface area contributed by atoms with Gasteiger partial charge >= 0.3 is 0 Å². The molecule has 0 aliphatic rings. The molecule has 118 valence electrons. The van der Waals surface area contributed by atoms with Crippen molar-refractivity contribution in [3.8, 4) is 0 Å². The number of benzene rings is 1. The van der Waals surface area contributed by atoms with Crippen molar-refractivity contribution in [3.05, 3.63) is 29.0 Å². The van der Waals surface area contributed by atoms with Gasteiger partial charge in [-0.15, -0.1) is 0 Å². The Bertz CT molecular complexity index is 489. The SMILES string of the molecule is CCN(CCC(=O)Nc1ccc(Cl)cc1F)CC(C)(C)O. The molecule has 1 rings (SSSR count).